The summed E-state index contributed by atoms with van der Waals surface area (Å²) in [5.74, 6) is -1.14. The fourth-order valence-electron chi connectivity index (χ4n) is 0.961. The molecule has 5 heteroatoms. The number of carbonyl (C=O) groups is 1. The van der Waals surface area contributed by atoms with Crippen molar-refractivity contribution in [2.24, 2.45) is 0 Å². The standard InChI is InChI=1S/C8H7F2NO2/c9-8(10)6-1-2-11-4-5(6)3-7(12)13/h1-2,4,8H,3H2,(H,12,13). The second-order valence-corrected chi connectivity index (χ2v) is 2.45. The van der Waals surface area contributed by atoms with E-state index in [-0.39, 0.29) is 11.1 Å². The molecule has 0 aliphatic rings. The summed E-state index contributed by atoms with van der Waals surface area (Å²) in [5, 5.41) is 8.40. The number of hydrogen-bond acceptors (Lipinski definition) is 2. The van der Waals surface area contributed by atoms with Crippen LogP contribution in [0.4, 0.5) is 8.78 Å². The molecule has 0 unspecified atom stereocenters. The van der Waals surface area contributed by atoms with Crippen LogP contribution in [0, 0.1) is 0 Å². The molecule has 1 rings (SSSR count). The molecule has 0 aromatic carbocycles. The van der Waals surface area contributed by atoms with E-state index in [1.807, 2.05) is 0 Å². The lowest BCUT2D eigenvalue weighted by Crippen LogP contribution is -2.04. The molecule has 0 saturated heterocycles. The van der Waals surface area contributed by atoms with Crippen LogP contribution in [0.2, 0.25) is 0 Å². The maximum absolute atomic E-state index is 12.3. The highest BCUT2D eigenvalue weighted by Crippen LogP contribution is 2.21. The topological polar surface area (TPSA) is 50.2 Å². The molecule has 0 bridgehead atoms. The van der Waals surface area contributed by atoms with Crippen molar-refractivity contribution >= 4 is 5.97 Å². The second kappa shape index (κ2) is 3.93. The molecule has 3 nitrogen and oxygen atoms in total. The number of aromatic nitrogens is 1. The zero-order chi connectivity index (χ0) is 9.84. The van der Waals surface area contributed by atoms with Gasteiger partial charge in [0.15, 0.2) is 0 Å². The van der Waals surface area contributed by atoms with Crippen LogP contribution in [-0.2, 0) is 11.2 Å². The van der Waals surface area contributed by atoms with Crippen LogP contribution in [0.5, 0.6) is 0 Å². The van der Waals surface area contributed by atoms with Gasteiger partial charge in [0, 0.05) is 18.0 Å². The van der Waals surface area contributed by atoms with Crippen LogP contribution < -0.4 is 0 Å². The summed E-state index contributed by atoms with van der Waals surface area (Å²) in [6, 6.07) is 1.13. The fraction of sp³-hybridized carbons (Fsp3) is 0.250. The molecule has 0 atom stereocenters. The molecule has 0 fully saturated rings. The first-order valence-electron chi connectivity index (χ1n) is 3.54. The van der Waals surface area contributed by atoms with E-state index in [4.69, 9.17) is 5.11 Å². The van der Waals surface area contributed by atoms with Gasteiger partial charge in [-0.15, -0.1) is 0 Å². The van der Waals surface area contributed by atoms with Crippen molar-refractivity contribution < 1.29 is 18.7 Å². The minimum absolute atomic E-state index is 0.0602. The predicted octanol–water partition coefficient (Wildman–Crippen LogP) is 1.65. The van der Waals surface area contributed by atoms with E-state index in [0.717, 1.165) is 12.3 Å². The Kier molecular flexibility index (Phi) is 2.89. The first-order valence-corrected chi connectivity index (χ1v) is 3.54. The predicted molar refractivity (Wildman–Crippen MR) is 40.5 cm³/mol. The maximum Gasteiger partial charge on any atom is 0.307 e. The summed E-state index contributed by atoms with van der Waals surface area (Å²) in [5.41, 5.74) is -0.206. The van der Waals surface area contributed by atoms with Gasteiger partial charge in [-0.25, -0.2) is 8.78 Å². The monoisotopic (exact) mass is 187 g/mol. The average molecular weight is 187 g/mol. The molecule has 1 heterocycles. The largest absolute Gasteiger partial charge is 0.481 e. The first kappa shape index (κ1) is 9.57. The Morgan fingerprint density at radius 3 is 2.85 bits per heavy atom. The highest BCUT2D eigenvalue weighted by Gasteiger charge is 2.14. The molecule has 0 spiro atoms. The zero-order valence-electron chi connectivity index (χ0n) is 6.58. The quantitative estimate of drug-likeness (QED) is 0.782. The van der Waals surface area contributed by atoms with Gasteiger partial charge in [0.2, 0.25) is 0 Å². The molecule has 0 aliphatic heterocycles. The molecule has 1 aromatic rings. The van der Waals surface area contributed by atoms with Crippen LogP contribution >= 0.6 is 0 Å². The molecule has 0 saturated carbocycles. The highest BCUT2D eigenvalue weighted by atomic mass is 19.3. The fourth-order valence-corrected chi connectivity index (χ4v) is 0.961. The summed E-state index contributed by atoms with van der Waals surface area (Å²) < 4.78 is 24.5. The van der Waals surface area contributed by atoms with E-state index >= 15 is 0 Å². The molecule has 70 valence electrons. The summed E-state index contributed by atoms with van der Waals surface area (Å²) in [4.78, 5) is 13.9. The summed E-state index contributed by atoms with van der Waals surface area (Å²) in [6.07, 6.45) is -0.715. The van der Waals surface area contributed by atoms with E-state index in [2.05, 4.69) is 4.98 Å². The molecule has 13 heavy (non-hydrogen) atoms. The summed E-state index contributed by atoms with van der Waals surface area (Å²) >= 11 is 0. The smallest absolute Gasteiger partial charge is 0.307 e. The van der Waals surface area contributed by atoms with E-state index in [9.17, 15) is 13.6 Å². The number of rotatable bonds is 3. The van der Waals surface area contributed by atoms with Crippen molar-refractivity contribution in [2.45, 2.75) is 12.8 Å². The minimum atomic E-state index is -2.66. The third-order valence-corrected chi connectivity index (χ3v) is 1.52. The zero-order valence-corrected chi connectivity index (χ0v) is 6.58. The van der Waals surface area contributed by atoms with Gasteiger partial charge >= 0.3 is 5.97 Å². The number of pyridine rings is 1. The summed E-state index contributed by atoms with van der Waals surface area (Å²) in [6.45, 7) is 0. The third-order valence-electron chi connectivity index (χ3n) is 1.52. The van der Waals surface area contributed by atoms with Gasteiger partial charge in [0.1, 0.15) is 0 Å². The van der Waals surface area contributed by atoms with Gasteiger partial charge in [-0.3, -0.25) is 9.78 Å². The number of aliphatic carboxylic acids is 1. The number of nitrogens with zero attached hydrogens (tertiary/aromatic N) is 1. The number of halogens is 2. The summed E-state index contributed by atoms with van der Waals surface area (Å²) in [7, 11) is 0. The van der Waals surface area contributed by atoms with Crippen molar-refractivity contribution in [3.8, 4) is 0 Å². The van der Waals surface area contributed by atoms with Crippen molar-refractivity contribution in [1.82, 2.24) is 4.98 Å². The molecule has 1 aromatic heterocycles. The van der Waals surface area contributed by atoms with E-state index in [0.29, 0.717) is 0 Å². The lowest BCUT2D eigenvalue weighted by Gasteiger charge is -2.04. The van der Waals surface area contributed by atoms with E-state index < -0.39 is 18.8 Å². The average Bonchev–Trinajstić information content (AvgIpc) is 2.03. The minimum Gasteiger partial charge on any atom is -0.481 e. The van der Waals surface area contributed by atoms with Crippen molar-refractivity contribution in [3.63, 3.8) is 0 Å². The number of carboxylic acid groups (broad SMARTS) is 1. The molecular weight excluding hydrogens is 180 g/mol. The normalized spacial score (nSPS) is 10.4. The van der Waals surface area contributed by atoms with Crippen LogP contribution in [0.15, 0.2) is 18.5 Å². The van der Waals surface area contributed by atoms with Crippen LogP contribution in [0.1, 0.15) is 17.6 Å². The van der Waals surface area contributed by atoms with Gasteiger partial charge < -0.3 is 5.11 Å². The number of alkyl halides is 2. The van der Waals surface area contributed by atoms with Gasteiger partial charge in [0.25, 0.3) is 6.43 Å². The Balaban J connectivity index is 2.97. The first-order chi connectivity index (χ1) is 6.11. The van der Waals surface area contributed by atoms with Gasteiger partial charge in [0.05, 0.1) is 6.42 Å². The van der Waals surface area contributed by atoms with E-state index in [1.54, 1.807) is 0 Å². The highest BCUT2D eigenvalue weighted by molar-refractivity contribution is 5.70. The van der Waals surface area contributed by atoms with Gasteiger partial charge in [-0.05, 0) is 11.6 Å². The molecule has 0 aliphatic carbocycles. The van der Waals surface area contributed by atoms with Crippen LogP contribution in [-0.4, -0.2) is 16.1 Å². The Morgan fingerprint density at radius 1 is 1.62 bits per heavy atom. The van der Waals surface area contributed by atoms with Crippen LogP contribution in [0.25, 0.3) is 0 Å². The third kappa shape index (κ3) is 2.47. The SMILES string of the molecule is O=C(O)Cc1cnccc1C(F)F. The Labute approximate surface area is 73.0 Å². The lowest BCUT2D eigenvalue weighted by atomic mass is 10.1. The van der Waals surface area contributed by atoms with E-state index in [1.165, 1.54) is 6.20 Å². The second-order valence-electron chi connectivity index (χ2n) is 2.45. The van der Waals surface area contributed by atoms with Gasteiger partial charge in [-0.2, -0.15) is 0 Å². The number of hydrogen-bond donors (Lipinski definition) is 1. The molecule has 0 amide bonds. The number of carboxylic acids is 1. The molecule has 0 radical (unpaired) electrons. The van der Waals surface area contributed by atoms with Crippen molar-refractivity contribution in [1.29, 1.82) is 0 Å². The van der Waals surface area contributed by atoms with Crippen LogP contribution in [0.3, 0.4) is 0 Å². The van der Waals surface area contributed by atoms with Crippen molar-refractivity contribution in [3.05, 3.63) is 29.6 Å². The lowest BCUT2D eigenvalue weighted by molar-refractivity contribution is -0.136. The Hall–Kier alpha value is -1.52. The molecule has 1 N–H and O–H groups in total. The van der Waals surface area contributed by atoms with Gasteiger partial charge in [-0.1, -0.05) is 0 Å². The maximum atomic E-state index is 12.3. The Bertz CT molecular complexity index is 315. The molecular formula is C8H7F2NO2. The van der Waals surface area contributed by atoms with Crippen molar-refractivity contribution in [2.75, 3.05) is 0 Å². The Morgan fingerprint density at radius 2 is 2.31 bits per heavy atom.